The van der Waals surface area contributed by atoms with Gasteiger partial charge in [-0.1, -0.05) is 26.2 Å². The van der Waals surface area contributed by atoms with Gasteiger partial charge in [-0.25, -0.2) is 9.18 Å². The molecule has 100 valence electrons. The van der Waals surface area contributed by atoms with Crippen LogP contribution in [0.1, 0.15) is 43.0 Å². The zero-order chi connectivity index (χ0) is 13.4. The Morgan fingerprint density at radius 3 is 2.67 bits per heavy atom. The van der Waals surface area contributed by atoms with E-state index in [1.54, 1.807) is 0 Å². The molecule has 18 heavy (non-hydrogen) atoms. The zero-order valence-corrected chi connectivity index (χ0v) is 10.9. The largest absolute Gasteiger partial charge is 0.497 e. The van der Waals surface area contributed by atoms with Gasteiger partial charge in [-0.15, -0.1) is 0 Å². The van der Waals surface area contributed by atoms with Crippen molar-refractivity contribution in [1.82, 2.24) is 0 Å². The van der Waals surface area contributed by atoms with E-state index >= 15 is 0 Å². The highest BCUT2D eigenvalue weighted by atomic mass is 19.1. The normalized spacial score (nSPS) is 10.2. The third kappa shape index (κ3) is 4.35. The lowest BCUT2D eigenvalue weighted by Gasteiger charge is -2.06. The van der Waals surface area contributed by atoms with E-state index in [1.807, 2.05) is 0 Å². The van der Waals surface area contributed by atoms with Gasteiger partial charge in [0.2, 0.25) is 0 Å². The molecule has 3 nitrogen and oxygen atoms in total. The molecule has 0 aliphatic heterocycles. The minimum atomic E-state index is -0.619. The van der Waals surface area contributed by atoms with Gasteiger partial charge in [0.25, 0.3) is 0 Å². The standard InChI is InChI=1S/C14H19FO3/c1-3-4-5-6-9-18-14(16)12-8-7-11(17-2)10-13(12)15/h7-8,10H,3-6,9H2,1-2H3. The number of methoxy groups -OCH3 is 1. The van der Waals surface area contributed by atoms with Crippen molar-refractivity contribution >= 4 is 5.97 Å². The lowest BCUT2D eigenvalue weighted by Crippen LogP contribution is -2.08. The first-order chi connectivity index (χ1) is 8.69. The van der Waals surface area contributed by atoms with E-state index in [0.29, 0.717) is 12.4 Å². The minimum absolute atomic E-state index is 0.0497. The van der Waals surface area contributed by atoms with E-state index in [2.05, 4.69) is 6.92 Å². The number of hydrogen-bond donors (Lipinski definition) is 0. The molecule has 1 aromatic rings. The molecule has 0 aliphatic rings. The Labute approximate surface area is 107 Å². The average molecular weight is 254 g/mol. The highest BCUT2D eigenvalue weighted by molar-refractivity contribution is 5.89. The second kappa shape index (κ2) is 7.69. The second-order valence-corrected chi connectivity index (χ2v) is 4.04. The monoisotopic (exact) mass is 254 g/mol. The number of esters is 1. The summed E-state index contributed by atoms with van der Waals surface area (Å²) < 4.78 is 23.4. The quantitative estimate of drug-likeness (QED) is 0.551. The number of halogens is 1. The van der Waals surface area contributed by atoms with Gasteiger partial charge in [-0.3, -0.25) is 0 Å². The summed E-state index contributed by atoms with van der Waals surface area (Å²) in [7, 11) is 1.44. The second-order valence-electron chi connectivity index (χ2n) is 4.04. The maximum Gasteiger partial charge on any atom is 0.341 e. The van der Waals surface area contributed by atoms with Crippen LogP contribution in [0.4, 0.5) is 4.39 Å². The van der Waals surface area contributed by atoms with Crippen molar-refractivity contribution in [3.05, 3.63) is 29.6 Å². The van der Waals surface area contributed by atoms with Crippen molar-refractivity contribution in [3.63, 3.8) is 0 Å². The molecule has 0 radical (unpaired) electrons. The van der Waals surface area contributed by atoms with Crippen LogP contribution in [0.2, 0.25) is 0 Å². The zero-order valence-electron chi connectivity index (χ0n) is 10.9. The van der Waals surface area contributed by atoms with Crippen LogP contribution in [0.25, 0.3) is 0 Å². The molecule has 0 bridgehead atoms. The molecular formula is C14H19FO3. The summed E-state index contributed by atoms with van der Waals surface area (Å²) in [5.41, 5.74) is -0.0497. The molecule has 0 atom stereocenters. The molecule has 0 saturated heterocycles. The Morgan fingerprint density at radius 1 is 1.28 bits per heavy atom. The molecule has 0 aliphatic carbocycles. The summed E-state index contributed by atoms with van der Waals surface area (Å²) in [6.45, 7) is 2.45. The van der Waals surface area contributed by atoms with E-state index in [-0.39, 0.29) is 5.56 Å². The van der Waals surface area contributed by atoms with E-state index in [0.717, 1.165) is 25.7 Å². The molecule has 0 unspecified atom stereocenters. The molecule has 4 heteroatoms. The van der Waals surface area contributed by atoms with Gasteiger partial charge in [-0.2, -0.15) is 0 Å². The summed E-state index contributed by atoms with van der Waals surface area (Å²) in [6, 6.07) is 4.09. The summed E-state index contributed by atoms with van der Waals surface area (Å²) in [5.74, 6) is -0.855. The van der Waals surface area contributed by atoms with Crippen LogP contribution in [0.5, 0.6) is 5.75 Å². The van der Waals surface area contributed by atoms with Gasteiger partial charge < -0.3 is 9.47 Å². The third-order valence-electron chi connectivity index (χ3n) is 2.63. The van der Waals surface area contributed by atoms with E-state index in [9.17, 15) is 9.18 Å². The van der Waals surface area contributed by atoms with Gasteiger partial charge in [0.05, 0.1) is 19.3 Å². The summed E-state index contributed by atoms with van der Waals surface area (Å²) in [6.07, 6.45) is 4.09. The van der Waals surface area contributed by atoms with E-state index in [1.165, 1.54) is 25.3 Å². The maximum absolute atomic E-state index is 13.5. The van der Waals surface area contributed by atoms with Crippen molar-refractivity contribution in [2.75, 3.05) is 13.7 Å². The first-order valence-corrected chi connectivity index (χ1v) is 6.19. The summed E-state index contributed by atoms with van der Waals surface area (Å²) >= 11 is 0. The molecule has 0 N–H and O–H groups in total. The Morgan fingerprint density at radius 2 is 2.06 bits per heavy atom. The Kier molecular flexibility index (Phi) is 6.19. The number of carbonyl (C=O) groups is 1. The maximum atomic E-state index is 13.5. The molecule has 1 aromatic carbocycles. The third-order valence-corrected chi connectivity index (χ3v) is 2.63. The Bertz CT molecular complexity index is 391. The lowest BCUT2D eigenvalue weighted by molar-refractivity contribution is 0.0492. The highest BCUT2D eigenvalue weighted by Gasteiger charge is 2.13. The van der Waals surface area contributed by atoms with Crippen LogP contribution in [0.15, 0.2) is 18.2 Å². The van der Waals surface area contributed by atoms with Crippen LogP contribution in [-0.4, -0.2) is 19.7 Å². The predicted molar refractivity (Wildman–Crippen MR) is 67.4 cm³/mol. The SMILES string of the molecule is CCCCCCOC(=O)c1ccc(OC)cc1F. The Hall–Kier alpha value is -1.58. The number of hydrogen-bond acceptors (Lipinski definition) is 3. The van der Waals surface area contributed by atoms with Crippen LogP contribution < -0.4 is 4.74 Å². The minimum Gasteiger partial charge on any atom is -0.497 e. The van der Waals surface area contributed by atoms with Crippen LogP contribution in [-0.2, 0) is 4.74 Å². The molecular weight excluding hydrogens is 235 g/mol. The Balaban J connectivity index is 2.46. The number of carbonyl (C=O) groups excluding carboxylic acids is 1. The van der Waals surface area contributed by atoms with Crippen molar-refractivity contribution in [2.24, 2.45) is 0 Å². The fourth-order valence-electron chi connectivity index (χ4n) is 1.56. The molecule has 0 saturated carbocycles. The van der Waals surface area contributed by atoms with Gasteiger partial charge in [0.15, 0.2) is 0 Å². The lowest BCUT2D eigenvalue weighted by atomic mass is 10.2. The topological polar surface area (TPSA) is 35.5 Å². The van der Waals surface area contributed by atoms with Crippen molar-refractivity contribution in [2.45, 2.75) is 32.6 Å². The van der Waals surface area contributed by atoms with Crippen molar-refractivity contribution < 1.29 is 18.7 Å². The van der Waals surface area contributed by atoms with Crippen LogP contribution in [0, 0.1) is 5.82 Å². The average Bonchev–Trinajstić information content (AvgIpc) is 2.38. The summed E-state index contributed by atoms with van der Waals surface area (Å²) in [4.78, 5) is 11.6. The molecule has 0 heterocycles. The predicted octanol–water partition coefficient (Wildman–Crippen LogP) is 3.57. The molecule has 1 rings (SSSR count). The van der Waals surface area contributed by atoms with E-state index < -0.39 is 11.8 Å². The number of unbranched alkanes of at least 4 members (excludes halogenated alkanes) is 3. The van der Waals surface area contributed by atoms with E-state index in [4.69, 9.17) is 9.47 Å². The van der Waals surface area contributed by atoms with Crippen molar-refractivity contribution in [1.29, 1.82) is 0 Å². The summed E-state index contributed by atoms with van der Waals surface area (Å²) in [5, 5.41) is 0. The highest BCUT2D eigenvalue weighted by Crippen LogP contribution is 2.17. The first kappa shape index (κ1) is 14.5. The van der Waals surface area contributed by atoms with Gasteiger partial charge in [0, 0.05) is 6.07 Å². The van der Waals surface area contributed by atoms with Gasteiger partial charge in [0.1, 0.15) is 11.6 Å². The van der Waals surface area contributed by atoms with Crippen molar-refractivity contribution in [3.8, 4) is 5.75 Å². The molecule has 0 aromatic heterocycles. The van der Waals surface area contributed by atoms with Crippen LogP contribution >= 0.6 is 0 Å². The van der Waals surface area contributed by atoms with Crippen LogP contribution in [0.3, 0.4) is 0 Å². The number of ether oxygens (including phenoxy) is 2. The fraction of sp³-hybridized carbons (Fsp3) is 0.500. The number of rotatable bonds is 7. The number of benzene rings is 1. The molecule has 0 spiro atoms. The first-order valence-electron chi connectivity index (χ1n) is 6.19. The molecule has 0 fully saturated rings. The van der Waals surface area contributed by atoms with Gasteiger partial charge >= 0.3 is 5.97 Å². The molecule has 0 amide bonds. The smallest absolute Gasteiger partial charge is 0.341 e. The van der Waals surface area contributed by atoms with Gasteiger partial charge in [-0.05, 0) is 18.6 Å². The fourth-order valence-corrected chi connectivity index (χ4v) is 1.56.